The average Bonchev–Trinajstić information content (AvgIpc) is 2.78. The Balaban J connectivity index is 2.25. The fraction of sp³-hybridized carbons (Fsp3) is 0.267. The van der Waals surface area contributed by atoms with Gasteiger partial charge in [-0.15, -0.1) is 0 Å². The fourth-order valence-corrected chi connectivity index (χ4v) is 2.17. The van der Waals surface area contributed by atoms with Crippen LogP contribution in [0.2, 0.25) is 5.02 Å². The number of halogens is 1. The summed E-state index contributed by atoms with van der Waals surface area (Å²) in [4.78, 5) is 28.7. The summed E-state index contributed by atoms with van der Waals surface area (Å²) in [5.74, 6) is -1.18. The third-order valence-corrected chi connectivity index (χ3v) is 3.25. The third kappa shape index (κ3) is 3.85. The first kappa shape index (κ1) is 16.0. The molecule has 1 aromatic carbocycles. The van der Waals surface area contributed by atoms with Crippen molar-refractivity contribution in [3.05, 3.63) is 52.2 Å². The van der Waals surface area contributed by atoms with Crippen LogP contribution < -0.4 is 0 Å². The summed E-state index contributed by atoms with van der Waals surface area (Å²) in [6.07, 6.45) is 0. The van der Waals surface area contributed by atoms with E-state index in [2.05, 4.69) is 4.98 Å². The van der Waals surface area contributed by atoms with E-state index in [4.69, 9.17) is 21.1 Å². The van der Waals surface area contributed by atoms with Crippen LogP contribution in [-0.4, -0.2) is 33.4 Å². The van der Waals surface area contributed by atoms with E-state index >= 15 is 0 Å². The number of hydrogen-bond donors (Lipinski definition) is 1. The van der Waals surface area contributed by atoms with Crippen LogP contribution >= 0.6 is 11.6 Å². The average molecular weight is 323 g/mol. The summed E-state index contributed by atoms with van der Waals surface area (Å²) < 4.78 is 5.28. The lowest BCUT2D eigenvalue weighted by atomic mass is 10.2. The molecule has 1 amide bonds. The second-order valence-electron chi connectivity index (χ2n) is 4.83. The van der Waals surface area contributed by atoms with Crippen LogP contribution in [0.1, 0.15) is 27.7 Å². The molecule has 0 unspecified atom stereocenters. The maximum atomic E-state index is 12.5. The molecule has 0 fully saturated rings. The van der Waals surface area contributed by atoms with Gasteiger partial charge in [0.15, 0.2) is 5.89 Å². The Morgan fingerprint density at radius 3 is 2.41 bits per heavy atom. The van der Waals surface area contributed by atoms with E-state index in [-0.39, 0.29) is 12.3 Å². The number of oxazole rings is 1. The molecule has 0 radical (unpaired) electrons. The molecule has 0 saturated carbocycles. The molecule has 1 heterocycles. The predicted molar refractivity (Wildman–Crippen MR) is 79.8 cm³/mol. The van der Waals surface area contributed by atoms with Crippen LogP contribution in [0, 0.1) is 13.8 Å². The molecule has 6 nitrogen and oxygen atoms in total. The van der Waals surface area contributed by atoms with Gasteiger partial charge in [-0.25, -0.2) is 4.98 Å². The van der Waals surface area contributed by atoms with E-state index in [0.717, 1.165) is 5.56 Å². The molecule has 22 heavy (non-hydrogen) atoms. The largest absolute Gasteiger partial charge is 0.480 e. The summed E-state index contributed by atoms with van der Waals surface area (Å²) in [5, 5.41) is 9.59. The summed E-state index contributed by atoms with van der Waals surface area (Å²) in [6, 6.07) is 6.85. The maximum absolute atomic E-state index is 12.5. The van der Waals surface area contributed by atoms with Crippen LogP contribution in [-0.2, 0) is 11.3 Å². The topological polar surface area (TPSA) is 83.6 Å². The number of amides is 1. The van der Waals surface area contributed by atoms with Gasteiger partial charge in [0, 0.05) is 18.5 Å². The highest BCUT2D eigenvalue weighted by molar-refractivity contribution is 6.30. The Kier molecular flexibility index (Phi) is 4.82. The summed E-state index contributed by atoms with van der Waals surface area (Å²) in [7, 11) is 0. The molecule has 0 bridgehead atoms. The molecule has 0 saturated heterocycles. The number of aromatic nitrogens is 1. The van der Waals surface area contributed by atoms with E-state index in [9.17, 15) is 9.59 Å². The van der Waals surface area contributed by atoms with Gasteiger partial charge in [-0.05, 0) is 24.6 Å². The maximum Gasteiger partial charge on any atom is 0.323 e. The van der Waals surface area contributed by atoms with Crippen molar-refractivity contribution in [2.45, 2.75) is 20.4 Å². The lowest BCUT2D eigenvalue weighted by molar-refractivity contribution is -0.137. The van der Waals surface area contributed by atoms with Gasteiger partial charge in [-0.3, -0.25) is 9.59 Å². The number of rotatable bonds is 5. The number of benzene rings is 1. The van der Waals surface area contributed by atoms with E-state index in [1.165, 1.54) is 4.90 Å². The molecule has 0 aliphatic carbocycles. The lowest BCUT2D eigenvalue weighted by Crippen LogP contribution is -2.35. The highest BCUT2D eigenvalue weighted by atomic mass is 35.5. The van der Waals surface area contributed by atoms with Crippen LogP contribution in [0.25, 0.3) is 0 Å². The Morgan fingerprint density at radius 1 is 1.27 bits per heavy atom. The molecule has 116 valence electrons. The first-order valence-corrected chi connectivity index (χ1v) is 6.94. The van der Waals surface area contributed by atoms with Gasteiger partial charge in [-0.2, -0.15) is 0 Å². The normalized spacial score (nSPS) is 10.5. The van der Waals surface area contributed by atoms with Crippen LogP contribution in [0.4, 0.5) is 0 Å². The summed E-state index contributed by atoms with van der Waals surface area (Å²) in [5.41, 5.74) is 1.21. The van der Waals surface area contributed by atoms with Gasteiger partial charge in [0.05, 0.1) is 5.69 Å². The van der Waals surface area contributed by atoms with Crippen molar-refractivity contribution < 1.29 is 19.1 Å². The lowest BCUT2D eigenvalue weighted by Gasteiger charge is -2.19. The zero-order valence-corrected chi connectivity index (χ0v) is 12.9. The number of nitrogens with zero attached hydrogens (tertiary/aromatic N) is 2. The first-order valence-electron chi connectivity index (χ1n) is 6.56. The Labute approximate surface area is 132 Å². The molecule has 1 N–H and O–H groups in total. The van der Waals surface area contributed by atoms with Gasteiger partial charge in [0.2, 0.25) is 5.76 Å². The number of aliphatic carboxylic acids is 1. The second kappa shape index (κ2) is 6.62. The standard InChI is InChI=1S/C15H15ClN2O4/c1-9-14(22-10(2)17-9)15(21)18(8-13(19)20)7-11-3-5-12(16)6-4-11/h3-6H,7-8H2,1-2H3,(H,19,20). The van der Waals surface area contributed by atoms with E-state index in [1.54, 1.807) is 38.1 Å². The van der Waals surface area contributed by atoms with Crippen molar-refractivity contribution in [1.29, 1.82) is 0 Å². The molecule has 0 atom stereocenters. The van der Waals surface area contributed by atoms with E-state index in [0.29, 0.717) is 16.6 Å². The Morgan fingerprint density at radius 2 is 1.91 bits per heavy atom. The van der Waals surface area contributed by atoms with Crippen molar-refractivity contribution in [1.82, 2.24) is 9.88 Å². The third-order valence-electron chi connectivity index (χ3n) is 3.00. The summed E-state index contributed by atoms with van der Waals surface area (Å²) in [6.45, 7) is 2.98. The monoisotopic (exact) mass is 322 g/mol. The molecule has 0 aliphatic rings. The Hall–Kier alpha value is -2.34. The fourth-order valence-electron chi connectivity index (χ4n) is 2.05. The van der Waals surface area contributed by atoms with Crippen LogP contribution in [0.3, 0.4) is 0 Å². The van der Waals surface area contributed by atoms with Gasteiger partial charge < -0.3 is 14.4 Å². The Bertz CT molecular complexity index is 694. The number of carbonyl (C=O) groups excluding carboxylic acids is 1. The first-order chi connectivity index (χ1) is 10.4. The molecule has 0 aliphatic heterocycles. The van der Waals surface area contributed by atoms with E-state index in [1.807, 2.05) is 0 Å². The number of carbonyl (C=O) groups is 2. The molecule has 7 heteroatoms. The number of carboxylic acids is 1. The van der Waals surface area contributed by atoms with Crippen molar-refractivity contribution in [3.63, 3.8) is 0 Å². The summed E-state index contributed by atoms with van der Waals surface area (Å²) >= 11 is 5.82. The molecule has 2 aromatic rings. The number of hydrogen-bond acceptors (Lipinski definition) is 4. The zero-order valence-electron chi connectivity index (χ0n) is 12.2. The molecule has 2 rings (SSSR count). The minimum Gasteiger partial charge on any atom is -0.480 e. The smallest absolute Gasteiger partial charge is 0.323 e. The van der Waals surface area contributed by atoms with Crippen molar-refractivity contribution in [2.24, 2.45) is 0 Å². The predicted octanol–water partition coefficient (Wildman–Crippen LogP) is 2.67. The number of carboxylic acid groups (broad SMARTS) is 1. The molecular weight excluding hydrogens is 308 g/mol. The minimum absolute atomic E-state index is 0.0627. The van der Waals surface area contributed by atoms with Gasteiger partial charge in [0.1, 0.15) is 6.54 Å². The molecular formula is C15H15ClN2O4. The van der Waals surface area contributed by atoms with Crippen LogP contribution in [0.15, 0.2) is 28.7 Å². The van der Waals surface area contributed by atoms with Gasteiger partial charge in [0.25, 0.3) is 5.91 Å². The quantitative estimate of drug-likeness (QED) is 0.915. The van der Waals surface area contributed by atoms with Crippen molar-refractivity contribution in [2.75, 3.05) is 6.54 Å². The van der Waals surface area contributed by atoms with Crippen molar-refractivity contribution >= 4 is 23.5 Å². The SMILES string of the molecule is Cc1nc(C)c(C(=O)N(CC(=O)O)Cc2ccc(Cl)cc2)o1. The van der Waals surface area contributed by atoms with E-state index < -0.39 is 18.4 Å². The second-order valence-corrected chi connectivity index (χ2v) is 5.27. The van der Waals surface area contributed by atoms with Crippen LogP contribution in [0.5, 0.6) is 0 Å². The van der Waals surface area contributed by atoms with Crippen molar-refractivity contribution in [3.8, 4) is 0 Å². The molecule has 1 aromatic heterocycles. The molecule has 0 spiro atoms. The van der Waals surface area contributed by atoms with Gasteiger partial charge >= 0.3 is 5.97 Å². The highest BCUT2D eigenvalue weighted by Gasteiger charge is 2.24. The minimum atomic E-state index is -1.10. The number of aryl methyl sites for hydroxylation is 2. The highest BCUT2D eigenvalue weighted by Crippen LogP contribution is 2.16. The zero-order chi connectivity index (χ0) is 16.3. The van der Waals surface area contributed by atoms with Gasteiger partial charge in [-0.1, -0.05) is 23.7 Å².